The quantitative estimate of drug-likeness (QED) is 0.673. The van der Waals surface area contributed by atoms with Crippen LogP contribution in [0.15, 0.2) is 29.9 Å². The smallest absolute Gasteiger partial charge is 0.339 e. The molecule has 1 N–H and O–H groups in total. The number of ether oxygens (including phenoxy) is 3. The number of methoxy groups -OCH3 is 2. The molecule has 130 valence electrons. The van der Waals surface area contributed by atoms with Gasteiger partial charge in [0.15, 0.2) is 0 Å². The van der Waals surface area contributed by atoms with Crippen LogP contribution < -0.4 is 14.8 Å². The van der Waals surface area contributed by atoms with Crippen molar-refractivity contribution in [2.75, 3.05) is 26.1 Å². The number of aromatic nitrogens is 2. The minimum Gasteiger partial charge on any atom is -0.497 e. The van der Waals surface area contributed by atoms with Gasteiger partial charge in [-0.3, -0.25) is 0 Å². The second kappa shape index (κ2) is 7.35. The standard InChI is InChI=1S/C17H17N3O4S/c1-4-24-17(21)11-8-25-16-14(11)15(18-9-19-16)20-12-6-5-10(22-2)7-13(12)23-3/h5-9H,4H2,1-3H3,(H,18,19,20). The molecule has 25 heavy (non-hydrogen) atoms. The predicted octanol–water partition coefficient (Wildman–Crippen LogP) is 3.63. The molecule has 0 aliphatic heterocycles. The highest BCUT2D eigenvalue weighted by atomic mass is 32.1. The van der Waals surface area contributed by atoms with Crippen molar-refractivity contribution in [2.24, 2.45) is 0 Å². The number of esters is 1. The van der Waals surface area contributed by atoms with Crippen molar-refractivity contribution in [3.8, 4) is 11.5 Å². The van der Waals surface area contributed by atoms with Crippen molar-refractivity contribution >= 4 is 39.0 Å². The van der Waals surface area contributed by atoms with E-state index in [0.717, 1.165) is 0 Å². The summed E-state index contributed by atoms with van der Waals surface area (Å²) in [6, 6.07) is 5.39. The summed E-state index contributed by atoms with van der Waals surface area (Å²) < 4.78 is 15.7. The summed E-state index contributed by atoms with van der Waals surface area (Å²) in [5, 5.41) is 5.57. The average molecular weight is 359 g/mol. The monoisotopic (exact) mass is 359 g/mol. The number of rotatable bonds is 6. The van der Waals surface area contributed by atoms with E-state index in [1.54, 1.807) is 32.6 Å². The third-order valence-corrected chi connectivity index (χ3v) is 4.41. The van der Waals surface area contributed by atoms with Gasteiger partial charge in [-0.1, -0.05) is 0 Å². The van der Waals surface area contributed by atoms with Crippen molar-refractivity contribution in [1.29, 1.82) is 0 Å². The van der Waals surface area contributed by atoms with Crippen molar-refractivity contribution in [1.82, 2.24) is 9.97 Å². The molecule has 0 spiro atoms. The van der Waals surface area contributed by atoms with Crippen LogP contribution >= 0.6 is 11.3 Å². The van der Waals surface area contributed by atoms with Gasteiger partial charge >= 0.3 is 5.97 Å². The van der Waals surface area contributed by atoms with E-state index in [4.69, 9.17) is 14.2 Å². The number of nitrogens with zero attached hydrogens (tertiary/aromatic N) is 2. The maximum atomic E-state index is 12.2. The topological polar surface area (TPSA) is 82.6 Å². The van der Waals surface area contributed by atoms with Crippen LogP contribution in [-0.2, 0) is 4.74 Å². The SMILES string of the molecule is CCOC(=O)c1csc2ncnc(Nc3ccc(OC)cc3OC)c12. The van der Waals surface area contributed by atoms with Crippen LogP contribution in [0.3, 0.4) is 0 Å². The van der Waals surface area contributed by atoms with Crippen LogP contribution in [0.2, 0.25) is 0 Å². The van der Waals surface area contributed by atoms with Crippen LogP contribution in [0.4, 0.5) is 11.5 Å². The third-order valence-electron chi connectivity index (χ3n) is 3.53. The molecule has 0 aliphatic rings. The molecule has 1 aromatic carbocycles. The van der Waals surface area contributed by atoms with Crippen molar-refractivity contribution in [2.45, 2.75) is 6.92 Å². The molecule has 0 saturated heterocycles. The van der Waals surface area contributed by atoms with E-state index in [2.05, 4.69) is 15.3 Å². The Labute approximate surface area is 148 Å². The highest BCUT2D eigenvalue weighted by Crippen LogP contribution is 2.35. The average Bonchev–Trinajstić information content (AvgIpc) is 3.07. The zero-order valence-corrected chi connectivity index (χ0v) is 14.8. The minimum absolute atomic E-state index is 0.304. The Morgan fingerprint density at radius 2 is 2.08 bits per heavy atom. The molecule has 0 saturated carbocycles. The van der Waals surface area contributed by atoms with Crippen molar-refractivity contribution < 1.29 is 19.0 Å². The van der Waals surface area contributed by atoms with Gasteiger partial charge in [-0.25, -0.2) is 14.8 Å². The van der Waals surface area contributed by atoms with Gasteiger partial charge in [-0.05, 0) is 19.1 Å². The summed E-state index contributed by atoms with van der Waals surface area (Å²) in [6.45, 7) is 2.07. The molecule has 2 heterocycles. The third kappa shape index (κ3) is 3.34. The summed E-state index contributed by atoms with van der Waals surface area (Å²) >= 11 is 1.37. The summed E-state index contributed by atoms with van der Waals surface area (Å²) in [7, 11) is 3.16. The fourth-order valence-corrected chi connectivity index (χ4v) is 3.23. The fraction of sp³-hybridized carbons (Fsp3) is 0.235. The molecule has 7 nitrogen and oxygen atoms in total. The van der Waals surface area contributed by atoms with Gasteiger partial charge in [-0.15, -0.1) is 11.3 Å². The number of thiophene rings is 1. The zero-order chi connectivity index (χ0) is 17.8. The van der Waals surface area contributed by atoms with Gasteiger partial charge in [0.1, 0.15) is 28.5 Å². The summed E-state index contributed by atoms with van der Waals surface area (Å²) in [6.07, 6.45) is 1.45. The van der Waals surface area contributed by atoms with Crippen LogP contribution in [0, 0.1) is 0 Å². The predicted molar refractivity (Wildman–Crippen MR) is 96.2 cm³/mol. The highest BCUT2D eigenvalue weighted by Gasteiger charge is 2.19. The molecule has 0 amide bonds. The van der Waals surface area contributed by atoms with E-state index in [9.17, 15) is 4.79 Å². The lowest BCUT2D eigenvalue weighted by molar-refractivity contribution is 0.0529. The Bertz CT molecular complexity index is 910. The Kier molecular flexibility index (Phi) is 4.99. The number of benzene rings is 1. The van der Waals surface area contributed by atoms with Crippen molar-refractivity contribution in [3.63, 3.8) is 0 Å². The second-order valence-corrected chi connectivity index (χ2v) is 5.82. The Balaban J connectivity index is 2.05. The Morgan fingerprint density at radius 1 is 1.24 bits per heavy atom. The van der Waals surface area contributed by atoms with E-state index in [-0.39, 0.29) is 0 Å². The Morgan fingerprint density at radius 3 is 2.80 bits per heavy atom. The maximum absolute atomic E-state index is 12.2. The first-order valence-corrected chi connectivity index (χ1v) is 8.44. The number of carbonyl (C=O) groups excluding carboxylic acids is 1. The largest absolute Gasteiger partial charge is 0.497 e. The number of nitrogens with one attached hydrogen (secondary N) is 1. The highest BCUT2D eigenvalue weighted by molar-refractivity contribution is 7.17. The van der Waals surface area contributed by atoms with Crippen LogP contribution in [0.1, 0.15) is 17.3 Å². The normalized spacial score (nSPS) is 10.5. The fourth-order valence-electron chi connectivity index (χ4n) is 2.36. The summed E-state index contributed by atoms with van der Waals surface area (Å²) in [5.74, 6) is 1.39. The van der Waals surface area contributed by atoms with E-state index < -0.39 is 5.97 Å². The van der Waals surface area contributed by atoms with Crippen LogP contribution in [0.5, 0.6) is 11.5 Å². The van der Waals surface area contributed by atoms with Gasteiger partial charge in [0.25, 0.3) is 0 Å². The van der Waals surface area contributed by atoms with Gasteiger partial charge in [-0.2, -0.15) is 0 Å². The lowest BCUT2D eigenvalue weighted by Gasteiger charge is -2.13. The number of anilines is 2. The van der Waals surface area contributed by atoms with Gasteiger partial charge in [0.2, 0.25) is 0 Å². The van der Waals surface area contributed by atoms with E-state index in [1.165, 1.54) is 17.7 Å². The zero-order valence-electron chi connectivity index (χ0n) is 14.0. The Hall–Kier alpha value is -2.87. The lowest BCUT2D eigenvalue weighted by atomic mass is 10.2. The van der Waals surface area contributed by atoms with Gasteiger partial charge in [0.05, 0.1) is 37.5 Å². The number of carbonyl (C=O) groups is 1. The number of fused-ring (bicyclic) bond motifs is 1. The molecule has 0 fully saturated rings. The van der Waals surface area contributed by atoms with E-state index in [0.29, 0.717) is 45.4 Å². The molecule has 3 aromatic rings. The number of hydrogen-bond donors (Lipinski definition) is 1. The molecule has 8 heteroatoms. The second-order valence-electron chi connectivity index (χ2n) is 4.96. The van der Waals surface area contributed by atoms with Crippen molar-refractivity contribution in [3.05, 3.63) is 35.5 Å². The molecule has 0 aliphatic carbocycles. The molecule has 2 aromatic heterocycles. The molecule has 0 atom stereocenters. The first-order valence-electron chi connectivity index (χ1n) is 7.56. The summed E-state index contributed by atoms with van der Waals surface area (Å²) in [5.41, 5.74) is 1.14. The first kappa shape index (κ1) is 17.0. The lowest BCUT2D eigenvalue weighted by Crippen LogP contribution is -2.05. The summed E-state index contributed by atoms with van der Waals surface area (Å²) in [4.78, 5) is 21.4. The molecule has 0 radical (unpaired) electrons. The molecule has 0 unspecified atom stereocenters. The number of hydrogen-bond acceptors (Lipinski definition) is 8. The van der Waals surface area contributed by atoms with Gasteiger partial charge < -0.3 is 19.5 Å². The van der Waals surface area contributed by atoms with E-state index in [1.807, 2.05) is 12.1 Å². The van der Waals surface area contributed by atoms with Gasteiger partial charge in [0, 0.05) is 11.4 Å². The molecular formula is C17H17N3O4S. The minimum atomic E-state index is -0.395. The maximum Gasteiger partial charge on any atom is 0.339 e. The van der Waals surface area contributed by atoms with Crippen LogP contribution in [0.25, 0.3) is 10.2 Å². The molecule has 0 bridgehead atoms. The molecule has 3 rings (SSSR count). The van der Waals surface area contributed by atoms with Crippen LogP contribution in [-0.4, -0.2) is 36.8 Å². The van der Waals surface area contributed by atoms with E-state index >= 15 is 0 Å². The first-order chi connectivity index (χ1) is 12.2. The molecular weight excluding hydrogens is 342 g/mol.